The van der Waals surface area contributed by atoms with Crippen molar-refractivity contribution in [2.45, 2.75) is 38.3 Å². The minimum Gasteiger partial charge on any atom is -0.433 e. The maximum atomic E-state index is 12.1. The molecule has 0 aromatic heterocycles. The van der Waals surface area contributed by atoms with E-state index in [0.717, 1.165) is 6.61 Å². The fourth-order valence-electron chi connectivity index (χ4n) is 5.47. The summed E-state index contributed by atoms with van der Waals surface area (Å²) in [6.45, 7) is 4.70. The molecule has 0 aromatic carbocycles. The first-order valence-corrected chi connectivity index (χ1v) is 6.57. The molecule has 2 aliphatic carbocycles. The van der Waals surface area contributed by atoms with Crippen LogP contribution in [0.2, 0.25) is 0 Å². The third-order valence-corrected chi connectivity index (χ3v) is 6.09. The van der Waals surface area contributed by atoms with Crippen molar-refractivity contribution in [2.75, 3.05) is 6.61 Å². The van der Waals surface area contributed by atoms with Gasteiger partial charge in [0.15, 0.2) is 5.79 Å². The predicted molar refractivity (Wildman–Crippen MR) is 55.6 cm³/mol. The number of hydrogen-bond acceptors (Lipinski definition) is 4. The highest BCUT2D eigenvalue weighted by atomic mass is 16.8. The maximum Gasteiger partial charge on any atom is 0.312 e. The molecular formula is C13H16O4. The lowest BCUT2D eigenvalue weighted by molar-refractivity contribution is -0.287. The van der Waals surface area contributed by atoms with E-state index in [1.165, 1.54) is 12.8 Å². The average molecular weight is 236 g/mol. The lowest BCUT2D eigenvalue weighted by Crippen LogP contribution is -2.35. The van der Waals surface area contributed by atoms with Gasteiger partial charge in [-0.2, -0.15) is 0 Å². The topological polar surface area (TPSA) is 44.8 Å². The summed E-state index contributed by atoms with van der Waals surface area (Å²) < 4.78 is 17.5. The Kier molecular flexibility index (Phi) is 1.19. The van der Waals surface area contributed by atoms with E-state index in [2.05, 4.69) is 0 Å². The van der Waals surface area contributed by atoms with Crippen LogP contribution in [-0.2, 0) is 19.0 Å². The minimum absolute atomic E-state index is 0.0218. The standard InChI is InChI=1S/C13H16O4/c1-11-7-6(5-15-11)13(3-4-13)9-8(7)12(2,17-11)16-10(9)14/h6-9H,3-5H2,1-2H3/t6?,7?,8?,9?,11-,12+/m0/s1. The van der Waals surface area contributed by atoms with Gasteiger partial charge in [0.1, 0.15) is 0 Å². The Morgan fingerprint density at radius 2 is 1.94 bits per heavy atom. The Balaban J connectivity index is 1.76. The highest BCUT2D eigenvalue weighted by molar-refractivity contribution is 5.79. The van der Waals surface area contributed by atoms with Crippen molar-refractivity contribution in [3.63, 3.8) is 0 Å². The van der Waals surface area contributed by atoms with Crippen LogP contribution in [0.15, 0.2) is 0 Å². The zero-order valence-electron chi connectivity index (χ0n) is 10.1. The van der Waals surface area contributed by atoms with Crippen molar-refractivity contribution >= 4 is 5.97 Å². The molecule has 0 amide bonds. The van der Waals surface area contributed by atoms with E-state index < -0.39 is 11.6 Å². The van der Waals surface area contributed by atoms with Crippen molar-refractivity contribution in [3.05, 3.63) is 0 Å². The lowest BCUT2D eigenvalue weighted by Gasteiger charge is -2.26. The second kappa shape index (κ2) is 2.16. The molecule has 4 nitrogen and oxygen atoms in total. The minimum atomic E-state index is -0.730. The van der Waals surface area contributed by atoms with Crippen molar-refractivity contribution in [1.82, 2.24) is 0 Å². The fraction of sp³-hybridized carbons (Fsp3) is 0.923. The molecule has 0 radical (unpaired) electrons. The molecule has 4 unspecified atom stereocenters. The van der Waals surface area contributed by atoms with Crippen LogP contribution in [0, 0.1) is 29.1 Å². The number of ether oxygens (including phenoxy) is 3. The predicted octanol–water partition coefficient (Wildman–Crippen LogP) is 1.29. The van der Waals surface area contributed by atoms with Crippen LogP contribution in [0.5, 0.6) is 0 Å². The van der Waals surface area contributed by atoms with E-state index in [4.69, 9.17) is 14.2 Å². The third-order valence-electron chi connectivity index (χ3n) is 6.09. The van der Waals surface area contributed by atoms with Gasteiger partial charge in [-0.3, -0.25) is 4.79 Å². The first-order chi connectivity index (χ1) is 8.00. The van der Waals surface area contributed by atoms with Crippen molar-refractivity contribution in [1.29, 1.82) is 0 Å². The van der Waals surface area contributed by atoms with Gasteiger partial charge in [0, 0.05) is 18.8 Å². The first kappa shape index (κ1) is 9.34. The molecule has 3 saturated heterocycles. The number of carbonyl (C=O) groups is 1. The molecule has 1 spiro atoms. The smallest absolute Gasteiger partial charge is 0.312 e. The summed E-state index contributed by atoms with van der Waals surface area (Å²) in [6, 6.07) is 0. The summed E-state index contributed by atoms with van der Waals surface area (Å²) in [6.07, 6.45) is 2.33. The van der Waals surface area contributed by atoms with E-state index in [0.29, 0.717) is 11.8 Å². The molecule has 3 heterocycles. The maximum absolute atomic E-state index is 12.1. The quantitative estimate of drug-likeness (QED) is 0.595. The van der Waals surface area contributed by atoms with Crippen molar-refractivity contribution in [2.24, 2.45) is 29.1 Å². The second-order valence-corrected chi connectivity index (χ2v) is 6.73. The van der Waals surface area contributed by atoms with Crippen LogP contribution in [0.4, 0.5) is 0 Å². The number of fused-ring (bicyclic) bond motifs is 2. The molecule has 5 aliphatic rings. The number of rotatable bonds is 0. The third kappa shape index (κ3) is 0.732. The summed E-state index contributed by atoms with van der Waals surface area (Å²) in [4.78, 5) is 12.1. The Labute approximate surface area is 99.6 Å². The van der Waals surface area contributed by atoms with E-state index in [1.807, 2.05) is 13.8 Å². The number of hydrogen-bond donors (Lipinski definition) is 0. The largest absolute Gasteiger partial charge is 0.433 e. The molecule has 5 fully saturated rings. The van der Waals surface area contributed by atoms with Gasteiger partial charge in [-0.05, 0) is 31.1 Å². The monoisotopic (exact) mass is 236 g/mol. The summed E-state index contributed by atoms with van der Waals surface area (Å²) in [7, 11) is 0. The highest BCUT2D eigenvalue weighted by Gasteiger charge is 2.84. The summed E-state index contributed by atoms with van der Waals surface area (Å²) in [5.74, 6) is -0.112. The van der Waals surface area contributed by atoms with Gasteiger partial charge in [-0.1, -0.05) is 0 Å². The molecule has 3 aliphatic heterocycles. The van der Waals surface area contributed by atoms with Crippen LogP contribution >= 0.6 is 0 Å². The molecule has 5 rings (SSSR count). The Morgan fingerprint density at radius 1 is 1.18 bits per heavy atom. The zero-order valence-corrected chi connectivity index (χ0v) is 10.1. The molecule has 92 valence electrons. The SMILES string of the molecule is C[C@@]12OCC3C1C1C(C(=O)O[C@]1(C)O2)C31CC1. The van der Waals surface area contributed by atoms with Crippen molar-refractivity contribution in [3.8, 4) is 0 Å². The lowest BCUT2D eigenvalue weighted by atomic mass is 9.83. The highest BCUT2D eigenvalue weighted by Crippen LogP contribution is 2.78. The molecule has 4 heteroatoms. The summed E-state index contributed by atoms with van der Waals surface area (Å²) >= 11 is 0. The average Bonchev–Trinajstić information content (AvgIpc) is 2.65. The fourth-order valence-corrected chi connectivity index (χ4v) is 5.47. The van der Waals surface area contributed by atoms with Gasteiger partial charge >= 0.3 is 5.97 Å². The van der Waals surface area contributed by atoms with Crippen LogP contribution in [0.3, 0.4) is 0 Å². The normalized spacial score (nSPS) is 64.2. The van der Waals surface area contributed by atoms with Crippen LogP contribution in [0.1, 0.15) is 26.7 Å². The molecule has 17 heavy (non-hydrogen) atoms. The van der Waals surface area contributed by atoms with Gasteiger partial charge in [0.25, 0.3) is 0 Å². The second-order valence-electron chi connectivity index (χ2n) is 6.73. The Bertz CT molecular complexity index is 456. The van der Waals surface area contributed by atoms with Crippen LogP contribution in [0.25, 0.3) is 0 Å². The molecular weight excluding hydrogens is 220 g/mol. The van der Waals surface area contributed by atoms with Crippen LogP contribution in [-0.4, -0.2) is 24.2 Å². The zero-order chi connectivity index (χ0) is 11.6. The Hall–Kier alpha value is -0.610. The summed E-state index contributed by atoms with van der Waals surface area (Å²) in [5, 5.41) is 0. The molecule has 0 N–H and O–H groups in total. The van der Waals surface area contributed by atoms with E-state index in [9.17, 15) is 4.79 Å². The first-order valence-electron chi connectivity index (χ1n) is 6.57. The van der Waals surface area contributed by atoms with E-state index in [-0.39, 0.29) is 23.2 Å². The van der Waals surface area contributed by atoms with Gasteiger partial charge in [-0.25, -0.2) is 0 Å². The number of carbonyl (C=O) groups excluding carboxylic acids is 1. The van der Waals surface area contributed by atoms with Gasteiger partial charge in [-0.15, -0.1) is 0 Å². The summed E-state index contributed by atoms with van der Waals surface area (Å²) in [5.41, 5.74) is 0.200. The Morgan fingerprint density at radius 3 is 2.65 bits per heavy atom. The van der Waals surface area contributed by atoms with E-state index >= 15 is 0 Å². The van der Waals surface area contributed by atoms with Gasteiger partial charge in [0.05, 0.1) is 12.5 Å². The molecule has 0 bridgehead atoms. The number of esters is 1. The van der Waals surface area contributed by atoms with Gasteiger partial charge in [0.2, 0.25) is 5.79 Å². The molecule has 6 atom stereocenters. The van der Waals surface area contributed by atoms with E-state index in [1.54, 1.807) is 0 Å². The molecule has 2 saturated carbocycles. The van der Waals surface area contributed by atoms with Gasteiger partial charge < -0.3 is 14.2 Å². The van der Waals surface area contributed by atoms with Crippen molar-refractivity contribution < 1.29 is 19.0 Å². The molecule has 0 aromatic rings. The van der Waals surface area contributed by atoms with Crippen LogP contribution < -0.4 is 0 Å².